The van der Waals surface area contributed by atoms with Gasteiger partial charge in [-0.1, -0.05) is 30.3 Å². The van der Waals surface area contributed by atoms with Crippen LogP contribution >= 0.6 is 0 Å². The van der Waals surface area contributed by atoms with Crippen LogP contribution in [0.4, 0.5) is 0 Å². The lowest BCUT2D eigenvalue weighted by Crippen LogP contribution is -1.75. The van der Waals surface area contributed by atoms with E-state index < -0.39 is 0 Å². The Hall–Kier alpha value is -2.97. The first kappa shape index (κ1) is 17.4. The first-order valence-corrected chi connectivity index (χ1v) is 4.43. The molecule has 9 nitrogen and oxygen atoms in total. The summed E-state index contributed by atoms with van der Waals surface area (Å²) in [5.41, 5.74) is 12.7. The number of nitrogens with zero attached hydrogens (tertiary/aromatic N) is 4. The largest absolute Gasteiger partial charge is 0.322 e. The molecule has 0 amide bonds. The third-order valence-electron chi connectivity index (χ3n) is 1.18. The van der Waals surface area contributed by atoms with Gasteiger partial charge in [-0.05, 0) is 0 Å². The van der Waals surface area contributed by atoms with Crippen LogP contribution in [0.1, 0.15) is 10.4 Å². The summed E-state index contributed by atoms with van der Waals surface area (Å²) in [6, 6.07) is 9.10. The van der Waals surface area contributed by atoms with Gasteiger partial charge in [0.15, 0.2) is 12.7 Å². The highest BCUT2D eigenvalue weighted by molar-refractivity contribution is 5.74. The molecule has 9 heteroatoms. The molecule has 6 N–H and O–H groups in total. The van der Waals surface area contributed by atoms with Gasteiger partial charge in [0, 0.05) is 5.56 Å². The summed E-state index contributed by atoms with van der Waals surface area (Å²) in [5, 5.41) is 11.1. The van der Waals surface area contributed by atoms with Crippen molar-refractivity contribution in [2.24, 2.45) is 32.1 Å². The minimum atomic E-state index is 0.729. The Labute approximate surface area is 104 Å². The van der Waals surface area contributed by atoms with Crippen molar-refractivity contribution in [3.8, 4) is 0 Å². The fourth-order valence-electron chi connectivity index (χ4n) is 0.598. The first-order valence-electron chi connectivity index (χ1n) is 4.43. The Morgan fingerprint density at radius 3 is 1.56 bits per heavy atom. The van der Waals surface area contributed by atoms with Crippen molar-refractivity contribution in [3.05, 3.63) is 35.9 Å². The van der Waals surface area contributed by atoms with Crippen LogP contribution < -0.4 is 11.7 Å². The Bertz CT molecular complexity index is 359. The number of benzene rings is 1. The summed E-state index contributed by atoms with van der Waals surface area (Å²) >= 11 is 0. The van der Waals surface area contributed by atoms with Crippen LogP contribution in [0.25, 0.3) is 0 Å². The average Bonchev–Trinajstić information content (AvgIpc) is 2.43. The zero-order valence-corrected chi connectivity index (χ0v) is 9.47. The Balaban J connectivity index is 0. The van der Waals surface area contributed by atoms with Crippen molar-refractivity contribution in [2.75, 3.05) is 0 Å². The van der Waals surface area contributed by atoms with Gasteiger partial charge < -0.3 is 11.7 Å². The van der Waals surface area contributed by atoms with E-state index >= 15 is 0 Å². The SMILES string of the molecule is N=NC=NN.N=NC=NN.O=Cc1ccccc1. The Morgan fingerprint density at radius 1 is 0.944 bits per heavy atom. The predicted octanol–water partition coefficient (Wildman–Crippen LogP) is 1.34. The molecule has 0 saturated carbocycles. The standard InChI is InChI=1S/C7H6O.2CH4N4/c8-6-7-4-2-1-3-5-7;2*2-4-1-5-3/h1-6H;2*1-2H,3H2. The fourth-order valence-corrected chi connectivity index (χ4v) is 0.598. The van der Waals surface area contributed by atoms with E-state index in [9.17, 15) is 4.79 Å². The van der Waals surface area contributed by atoms with Crippen LogP contribution in [0.3, 0.4) is 0 Å². The lowest BCUT2D eigenvalue weighted by Gasteiger charge is -1.81. The molecule has 0 atom stereocenters. The number of carbonyl (C=O) groups excluding carboxylic acids is 1. The van der Waals surface area contributed by atoms with E-state index in [0.717, 1.165) is 24.5 Å². The van der Waals surface area contributed by atoms with Crippen LogP contribution in [0, 0.1) is 11.1 Å². The smallest absolute Gasteiger partial charge is 0.156 e. The molecule has 0 fully saturated rings. The van der Waals surface area contributed by atoms with Crippen molar-refractivity contribution in [1.29, 1.82) is 11.1 Å². The minimum absolute atomic E-state index is 0.729. The minimum Gasteiger partial charge on any atom is -0.322 e. The van der Waals surface area contributed by atoms with Crippen molar-refractivity contribution >= 4 is 19.0 Å². The number of nitrogens with two attached hydrogens (primary N) is 2. The average molecular weight is 250 g/mol. The maximum atomic E-state index is 10.0. The van der Waals surface area contributed by atoms with Crippen LogP contribution in [0.2, 0.25) is 0 Å². The van der Waals surface area contributed by atoms with E-state index in [1.54, 1.807) is 12.1 Å². The zero-order valence-electron chi connectivity index (χ0n) is 9.47. The highest BCUT2D eigenvalue weighted by atomic mass is 16.1. The summed E-state index contributed by atoms with van der Waals surface area (Å²) < 4.78 is 0. The van der Waals surface area contributed by atoms with Crippen LogP contribution in [-0.2, 0) is 0 Å². The molecule has 0 saturated heterocycles. The summed E-state index contributed by atoms with van der Waals surface area (Å²) in [5.74, 6) is 8.99. The lowest BCUT2D eigenvalue weighted by molar-refractivity contribution is 0.112. The molecule has 1 rings (SSSR count). The molecule has 0 aromatic heterocycles. The maximum Gasteiger partial charge on any atom is 0.156 e. The van der Waals surface area contributed by atoms with Gasteiger partial charge in [0.25, 0.3) is 0 Å². The number of hydrogen-bond donors (Lipinski definition) is 4. The Morgan fingerprint density at radius 2 is 1.39 bits per heavy atom. The number of rotatable bonds is 3. The van der Waals surface area contributed by atoms with Crippen LogP contribution in [0.5, 0.6) is 0 Å². The Kier molecular flexibility index (Phi) is 15.9. The zero-order chi connectivity index (χ0) is 14.1. The molecule has 0 aliphatic carbocycles. The second kappa shape index (κ2) is 16.5. The molecule has 0 spiro atoms. The quantitative estimate of drug-likeness (QED) is 0.159. The summed E-state index contributed by atoms with van der Waals surface area (Å²) in [6.45, 7) is 0. The number of hydrogen-bond acceptors (Lipinski definition) is 7. The molecule has 1 aromatic rings. The van der Waals surface area contributed by atoms with Crippen molar-refractivity contribution in [1.82, 2.24) is 0 Å². The van der Waals surface area contributed by atoms with E-state index in [0.29, 0.717) is 0 Å². The van der Waals surface area contributed by atoms with Gasteiger partial charge >= 0.3 is 0 Å². The predicted molar refractivity (Wildman–Crippen MR) is 67.5 cm³/mol. The first-order chi connectivity index (χ1) is 8.76. The number of carbonyl (C=O) groups is 1. The molecule has 96 valence electrons. The van der Waals surface area contributed by atoms with Gasteiger partial charge in [-0.15, -0.1) is 10.2 Å². The van der Waals surface area contributed by atoms with Crippen LogP contribution in [0.15, 0.2) is 50.8 Å². The molecule has 0 aliphatic rings. The summed E-state index contributed by atoms with van der Waals surface area (Å²) in [6.07, 6.45) is 2.72. The number of aldehydes is 1. The van der Waals surface area contributed by atoms with Gasteiger partial charge in [0.05, 0.1) is 0 Å². The number of nitrogens with one attached hydrogen (secondary N) is 2. The van der Waals surface area contributed by atoms with E-state index in [4.69, 9.17) is 11.1 Å². The molecule has 1 aromatic carbocycles. The van der Waals surface area contributed by atoms with Crippen LogP contribution in [-0.4, -0.2) is 19.0 Å². The van der Waals surface area contributed by atoms with E-state index in [-0.39, 0.29) is 0 Å². The molecule has 0 radical (unpaired) electrons. The lowest BCUT2D eigenvalue weighted by atomic mass is 10.2. The van der Waals surface area contributed by atoms with E-state index in [1.165, 1.54) is 0 Å². The molecule has 0 aliphatic heterocycles. The maximum absolute atomic E-state index is 10.0. The molecule has 18 heavy (non-hydrogen) atoms. The second-order valence-corrected chi connectivity index (χ2v) is 2.32. The van der Waals surface area contributed by atoms with Gasteiger partial charge in [-0.2, -0.15) is 10.2 Å². The molecular formula is C9H14N8O. The van der Waals surface area contributed by atoms with E-state index in [1.807, 2.05) is 18.2 Å². The molecule has 0 heterocycles. The normalized spacial score (nSPS) is 8.67. The van der Waals surface area contributed by atoms with Gasteiger partial charge in [0.2, 0.25) is 0 Å². The van der Waals surface area contributed by atoms with Gasteiger partial charge in [0.1, 0.15) is 6.29 Å². The van der Waals surface area contributed by atoms with Crippen molar-refractivity contribution in [2.45, 2.75) is 0 Å². The highest BCUT2D eigenvalue weighted by Gasteiger charge is 1.79. The molecular weight excluding hydrogens is 236 g/mol. The van der Waals surface area contributed by atoms with Gasteiger partial charge in [-0.3, -0.25) is 4.79 Å². The van der Waals surface area contributed by atoms with Crippen molar-refractivity contribution in [3.63, 3.8) is 0 Å². The third kappa shape index (κ3) is 15.5. The molecule has 0 unspecified atom stereocenters. The second-order valence-electron chi connectivity index (χ2n) is 2.32. The topological polar surface area (TPSA) is 166 Å². The van der Waals surface area contributed by atoms with Gasteiger partial charge in [-0.25, -0.2) is 11.1 Å². The third-order valence-corrected chi connectivity index (χ3v) is 1.18. The monoisotopic (exact) mass is 250 g/mol. The highest BCUT2D eigenvalue weighted by Crippen LogP contribution is 1.91. The summed E-state index contributed by atoms with van der Waals surface area (Å²) in [4.78, 5) is 10.0. The fraction of sp³-hybridized carbons (Fsp3) is 0. The van der Waals surface area contributed by atoms with E-state index in [2.05, 4.69) is 32.1 Å². The molecule has 0 bridgehead atoms. The number of hydrazone groups is 2. The van der Waals surface area contributed by atoms with Crippen molar-refractivity contribution < 1.29 is 4.79 Å². The summed E-state index contributed by atoms with van der Waals surface area (Å²) in [7, 11) is 0.